The van der Waals surface area contributed by atoms with Gasteiger partial charge in [0.1, 0.15) is 0 Å². The van der Waals surface area contributed by atoms with Crippen molar-refractivity contribution in [1.29, 1.82) is 0 Å². The van der Waals surface area contributed by atoms with Gasteiger partial charge in [-0.05, 0) is 67.2 Å². The molecule has 0 spiro atoms. The Morgan fingerprint density at radius 2 is 1.96 bits per heavy atom. The molecule has 0 atom stereocenters. The van der Waals surface area contributed by atoms with Crippen molar-refractivity contribution >= 4 is 22.5 Å². The Hall–Kier alpha value is -2.59. The van der Waals surface area contributed by atoms with E-state index in [0.29, 0.717) is 5.56 Å². The van der Waals surface area contributed by atoms with E-state index in [1.165, 1.54) is 31.5 Å². The van der Waals surface area contributed by atoms with Gasteiger partial charge < -0.3 is 10.3 Å². The van der Waals surface area contributed by atoms with E-state index in [4.69, 9.17) is 0 Å². The van der Waals surface area contributed by atoms with Crippen LogP contribution in [0.25, 0.3) is 10.9 Å². The number of carbonyl (C=O) groups excluding carboxylic acids is 1. The van der Waals surface area contributed by atoms with Crippen LogP contribution in [0.4, 0.5) is 5.69 Å². The fraction of sp³-hybridized carbons (Fsp3) is 0.250. The number of carbonyl (C=O) groups is 1. The molecule has 2 heterocycles. The van der Waals surface area contributed by atoms with E-state index >= 15 is 0 Å². The molecule has 122 valence electrons. The van der Waals surface area contributed by atoms with E-state index in [0.717, 1.165) is 23.1 Å². The SMILES string of the molecule is O=C(Nc1cccc(CN2CCCC2)c1)c1ccc2cc[nH]c2c1. The molecule has 4 heteroatoms. The Bertz CT molecular complexity index is 862. The zero-order valence-electron chi connectivity index (χ0n) is 13.6. The largest absolute Gasteiger partial charge is 0.361 e. The third kappa shape index (κ3) is 3.19. The van der Waals surface area contributed by atoms with E-state index in [9.17, 15) is 4.79 Å². The zero-order chi connectivity index (χ0) is 16.4. The molecule has 1 aromatic heterocycles. The van der Waals surface area contributed by atoms with Crippen molar-refractivity contribution in [2.75, 3.05) is 18.4 Å². The number of H-pyrrole nitrogens is 1. The first-order valence-electron chi connectivity index (χ1n) is 8.48. The van der Waals surface area contributed by atoms with Crippen LogP contribution in [0.15, 0.2) is 54.7 Å². The monoisotopic (exact) mass is 319 g/mol. The van der Waals surface area contributed by atoms with E-state index < -0.39 is 0 Å². The average Bonchev–Trinajstić information content (AvgIpc) is 3.25. The molecule has 0 aliphatic carbocycles. The molecule has 0 saturated carbocycles. The number of aromatic amines is 1. The second kappa shape index (κ2) is 6.49. The molecule has 24 heavy (non-hydrogen) atoms. The quantitative estimate of drug-likeness (QED) is 0.763. The number of hydrogen-bond donors (Lipinski definition) is 2. The van der Waals surface area contributed by atoms with Gasteiger partial charge >= 0.3 is 0 Å². The summed E-state index contributed by atoms with van der Waals surface area (Å²) < 4.78 is 0. The molecule has 0 radical (unpaired) electrons. The van der Waals surface area contributed by atoms with Crippen molar-refractivity contribution in [2.45, 2.75) is 19.4 Å². The highest BCUT2D eigenvalue weighted by Gasteiger charge is 2.12. The van der Waals surface area contributed by atoms with Crippen molar-refractivity contribution < 1.29 is 4.79 Å². The van der Waals surface area contributed by atoms with Crippen molar-refractivity contribution in [1.82, 2.24) is 9.88 Å². The van der Waals surface area contributed by atoms with Crippen LogP contribution in [0.2, 0.25) is 0 Å². The summed E-state index contributed by atoms with van der Waals surface area (Å²) in [6, 6.07) is 15.9. The minimum atomic E-state index is -0.0789. The van der Waals surface area contributed by atoms with Crippen LogP contribution in [-0.4, -0.2) is 28.9 Å². The number of nitrogens with one attached hydrogen (secondary N) is 2. The van der Waals surface area contributed by atoms with Gasteiger partial charge in [0, 0.05) is 29.5 Å². The second-order valence-corrected chi connectivity index (χ2v) is 6.42. The Morgan fingerprint density at radius 1 is 1.08 bits per heavy atom. The number of benzene rings is 2. The topological polar surface area (TPSA) is 48.1 Å². The molecule has 2 N–H and O–H groups in total. The summed E-state index contributed by atoms with van der Waals surface area (Å²) in [6.07, 6.45) is 4.46. The van der Waals surface area contributed by atoms with Gasteiger partial charge in [-0.1, -0.05) is 18.2 Å². The Labute approximate surface area is 141 Å². The van der Waals surface area contributed by atoms with Crippen molar-refractivity contribution in [3.05, 3.63) is 65.9 Å². The molecule has 1 saturated heterocycles. The highest BCUT2D eigenvalue weighted by molar-refractivity contribution is 6.06. The molecule has 0 bridgehead atoms. The fourth-order valence-corrected chi connectivity index (χ4v) is 3.34. The maximum absolute atomic E-state index is 12.5. The lowest BCUT2D eigenvalue weighted by molar-refractivity contribution is 0.102. The van der Waals surface area contributed by atoms with Crippen molar-refractivity contribution in [2.24, 2.45) is 0 Å². The maximum atomic E-state index is 12.5. The number of rotatable bonds is 4. The molecule has 0 unspecified atom stereocenters. The maximum Gasteiger partial charge on any atom is 0.255 e. The predicted octanol–water partition coefficient (Wildman–Crippen LogP) is 4.02. The van der Waals surface area contributed by atoms with Crippen LogP contribution in [0, 0.1) is 0 Å². The van der Waals surface area contributed by atoms with Crippen LogP contribution in [-0.2, 0) is 6.54 Å². The molecule has 1 amide bonds. The number of nitrogens with zero attached hydrogens (tertiary/aromatic N) is 1. The third-order valence-corrected chi connectivity index (χ3v) is 4.61. The molecule has 1 fully saturated rings. The normalized spacial score (nSPS) is 15.0. The van der Waals surface area contributed by atoms with Gasteiger partial charge in [0.2, 0.25) is 0 Å². The zero-order valence-corrected chi connectivity index (χ0v) is 13.6. The van der Waals surface area contributed by atoms with Crippen molar-refractivity contribution in [3.63, 3.8) is 0 Å². The summed E-state index contributed by atoms with van der Waals surface area (Å²) in [5.74, 6) is -0.0789. The second-order valence-electron chi connectivity index (χ2n) is 6.42. The third-order valence-electron chi connectivity index (χ3n) is 4.61. The van der Waals surface area contributed by atoms with Crippen LogP contribution >= 0.6 is 0 Å². The van der Waals surface area contributed by atoms with Gasteiger partial charge in [0.25, 0.3) is 5.91 Å². The summed E-state index contributed by atoms with van der Waals surface area (Å²) in [7, 11) is 0. The first-order chi connectivity index (χ1) is 11.8. The van der Waals surface area contributed by atoms with Gasteiger partial charge in [-0.2, -0.15) is 0 Å². The van der Waals surface area contributed by atoms with E-state index in [1.54, 1.807) is 0 Å². The van der Waals surface area contributed by atoms with Crippen LogP contribution in [0.1, 0.15) is 28.8 Å². The van der Waals surface area contributed by atoms with Crippen molar-refractivity contribution in [3.8, 4) is 0 Å². The number of hydrogen-bond acceptors (Lipinski definition) is 2. The standard InChI is InChI=1S/C20H21N3O/c24-20(17-7-6-16-8-9-21-19(16)13-17)22-18-5-3-4-15(12-18)14-23-10-1-2-11-23/h3-9,12-13,21H,1-2,10-11,14H2,(H,22,24). The van der Waals surface area contributed by atoms with E-state index in [-0.39, 0.29) is 5.91 Å². The van der Waals surface area contributed by atoms with E-state index in [2.05, 4.69) is 27.3 Å². The summed E-state index contributed by atoms with van der Waals surface area (Å²) in [6.45, 7) is 3.30. The van der Waals surface area contributed by atoms with Crippen LogP contribution in [0.5, 0.6) is 0 Å². The highest BCUT2D eigenvalue weighted by Crippen LogP contribution is 2.18. The van der Waals surface area contributed by atoms with Gasteiger partial charge in [0.05, 0.1) is 0 Å². The highest BCUT2D eigenvalue weighted by atomic mass is 16.1. The first-order valence-corrected chi connectivity index (χ1v) is 8.48. The average molecular weight is 319 g/mol. The fourth-order valence-electron chi connectivity index (χ4n) is 3.34. The Morgan fingerprint density at radius 3 is 2.83 bits per heavy atom. The van der Waals surface area contributed by atoms with Crippen LogP contribution < -0.4 is 5.32 Å². The number of fused-ring (bicyclic) bond motifs is 1. The van der Waals surface area contributed by atoms with Gasteiger partial charge in [0.15, 0.2) is 0 Å². The summed E-state index contributed by atoms with van der Waals surface area (Å²) >= 11 is 0. The molecule has 3 aromatic rings. The van der Waals surface area contributed by atoms with Gasteiger partial charge in [-0.25, -0.2) is 0 Å². The first kappa shape index (κ1) is 15.0. The summed E-state index contributed by atoms with van der Waals surface area (Å²) in [4.78, 5) is 18.1. The molecule has 4 rings (SSSR count). The minimum absolute atomic E-state index is 0.0789. The Balaban J connectivity index is 1.48. The molecule has 2 aromatic carbocycles. The van der Waals surface area contributed by atoms with Gasteiger partial charge in [-0.15, -0.1) is 0 Å². The lowest BCUT2D eigenvalue weighted by atomic mass is 10.1. The minimum Gasteiger partial charge on any atom is -0.361 e. The predicted molar refractivity (Wildman–Crippen MR) is 97.2 cm³/mol. The molecule has 1 aliphatic heterocycles. The Kier molecular flexibility index (Phi) is 4.05. The van der Waals surface area contributed by atoms with Crippen LogP contribution in [0.3, 0.4) is 0 Å². The smallest absolute Gasteiger partial charge is 0.255 e. The summed E-state index contributed by atoms with van der Waals surface area (Å²) in [5, 5.41) is 4.12. The molecule has 4 nitrogen and oxygen atoms in total. The lowest BCUT2D eigenvalue weighted by Crippen LogP contribution is -2.18. The molecular formula is C20H21N3O. The molecular weight excluding hydrogens is 298 g/mol. The number of likely N-dealkylation sites (tertiary alicyclic amines) is 1. The molecule has 1 aliphatic rings. The summed E-state index contributed by atoms with van der Waals surface area (Å²) in [5.41, 5.74) is 3.73. The number of amides is 1. The lowest BCUT2D eigenvalue weighted by Gasteiger charge is -2.15. The van der Waals surface area contributed by atoms with Gasteiger partial charge in [-0.3, -0.25) is 9.69 Å². The number of aromatic nitrogens is 1. The van der Waals surface area contributed by atoms with E-state index in [1.807, 2.05) is 42.6 Å². The number of anilines is 1.